The fourth-order valence-corrected chi connectivity index (χ4v) is 6.76. The van der Waals surface area contributed by atoms with Crippen LogP contribution in [0.5, 0.6) is 5.75 Å². The molecule has 2 unspecified atom stereocenters. The van der Waals surface area contributed by atoms with E-state index in [0.29, 0.717) is 54.5 Å². The van der Waals surface area contributed by atoms with E-state index >= 15 is 0 Å². The lowest BCUT2D eigenvalue weighted by molar-refractivity contribution is 0.0946. The van der Waals surface area contributed by atoms with Crippen LogP contribution in [-0.4, -0.2) is 15.6 Å². The number of nitrogens with one attached hydrogen (secondary N) is 1. The number of aromatic hydroxyl groups is 1. The number of hydrogen-bond acceptors (Lipinski definition) is 3. The molecule has 0 saturated heterocycles. The largest absolute Gasteiger partial charge is 0.503 e. The Morgan fingerprint density at radius 1 is 1.03 bits per heavy atom. The number of carbonyl (C=O) groups is 1. The van der Waals surface area contributed by atoms with Crippen molar-refractivity contribution in [2.45, 2.75) is 32.4 Å². The molecule has 8 heteroatoms. The van der Waals surface area contributed by atoms with Gasteiger partial charge < -0.3 is 15.0 Å². The van der Waals surface area contributed by atoms with Gasteiger partial charge in [-0.2, -0.15) is 0 Å². The number of hydrogen-bond donors (Lipinski definition) is 2. The van der Waals surface area contributed by atoms with E-state index in [9.17, 15) is 27.9 Å². The summed E-state index contributed by atoms with van der Waals surface area (Å²) in [5.74, 6) is -0.538. The highest BCUT2D eigenvalue weighted by Gasteiger charge is 2.65. The van der Waals surface area contributed by atoms with E-state index in [1.54, 1.807) is 0 Å². The molecule has 2 N–H and O–H groups in total. The number of halogens is 3. The van der Waals surface area contributed by atoms with Gasteiger partial charge in [0.05, 0.1) is 5.69 Å². The Morgan fingerprint density at radius 2 is 1.65 bits per heavy atom. The highest BCUT2D eigenvalue weighted by molar-refractivity contribution is 5.94. The zero-order valence-corrected chi connectivity index (χ0v) is 16.6. The summed E-state index contributed by atoms with van der Waals surface area (Å²) in [6.45, 7) is 0.121. The van der Waals surface area contributed by atoms with Gasteiger partial charge in [0.1, 0.15) is 23.0 Å². The van der Waals surface area contributed by atoms with Crippen LogP contribution >= 0.6 is 0 Å². The fraction of sp³-hybridized carbons (Fsp3) is 0.478. The number of aromatic nitrogens is 1. The van der Waals surface area contributed by atoms with Gasteiger partial charge in [-0.05, 0) is 54.8 Å². The minimum atomic E-state index is -1.12. The number of pyridine rings is 1. The minimum absolute atomic E-state index is 0.268. The molecule has 0 radical (unpaired) electrons. The molecule has 31 heavy (non-hydrogen) atoms. The number of fused-ring (bicyclic) bond motifs is 9. The van der Waals surface area contributed by atoms with Gasteiger partial charge in [-0.1, -0.05) is 0 Å². The number of rotatable bonds is 3. The third-order valence-electron chi connectivity index (χ3n) is 8.16. The molecule has 4 aliphatic rings. The Bertz CT molecular complexity index is 1170. The van der Waals surface area contributed by atoms with Gasteiger partial charge in [0.15, 0.2) is 5.75 Å². The van der Waals surface area contributed by atoms with E-state index in [1.807, 2.05) is 4.57 Å². The maximum atomic E-state index is 13.8. The summed E-state index contributed by atoms with van der Waals surface area (Å²) in [4.78, 5) is 25.3. The van der Waals surface area contributed by atoms with E-state index in [-0.39, 0.29) is 5.56 Å². The highest BCUT2D eigenvalue weighted by Crippen LogP contribution is 2.70. The van der Waals surface area contributed by atoms with Crippen LogP contribution < -0.4 is 10.7 Å². The molecule has 2 aromatic rings. The first kappa shape index (κ1) is 19.0. The highest BCUT2D eigenvalue weighted by atomic mass is 19.1. The maximum absolute atomic E-state index is 13.8. The summed E-state index contributed by atoms with van der Waals surface area (Å²) in [7, 11) is 0. The molecule has 2 bridgehead atoms. The van der Waals surface area contributed by atoms with Gasteiger partial charge in [-0.3, -0.25) is 9.59 Å². The van der Waals surface area contributed by atoms with Gasteiger partial charge in [0, 0.05) is 37.0 Å². The van der Waals surface area contributed by atoms with Crippen molar-refractivity contribution in [3.8, 4) is 5.75 Å². The molecule has 3 saturated carbocycles. The lowest BCUT2D eigenvalue weighted by Crippen LogP contribution is -2.38. The van der Waals surface area contributed by atoms with Crippen LogP contribution in [-0.2, 0) is 19.5 Å². The fourth-order valence-electron chi connectivity index (χ4n) is 6.76. The lowest BCUT2D eigenvalue weighted by atomic mass is 9.74. The van der Waals surface area contributed by atoms with E-state index in [0.717, 1.165) is 11.8 Å². The number of carbonyl (C=O) groups excluding carboxylic acids is 1. The lowest BCUT2D eigenvalue weighted by Gasteiger charge is -2.37. The Labute approximate surface area is 175 Å². The molecule has 6 rings (SSSR count). The van der Waals surface area contributed by atoms with Crippen molar-refractivity contribution in [3.05, 3.63) is 62.8 Å². The molecule has 162 valence electrons. The third kappa shape index (κ3) is 2.69. The second-order valence-electron chi connectivity index (χ2n) is 9.51. The standard InChI is InChI=1S/C23H21F3N2O3/c24-9-1-18(25)15(19(26)2-9)6-27-23(31)17-8-28-7-16-13-4-12(10-3-11(10)13)14(16)5-20(28)22(30)21(17)29/h1-2,8,10-14,16,30H,3-7H2,(H,27,31)/t10-,11+,12?,13?,14-,16-/m0/s1. The molecular formula is C23H21F3N2O3. The summed E-state index contributed by atoms with van der Waals surface area (Å²) in [5.41, 5.74) is -0.978. The zero-order valence-electron chi connectivity index (χ0n) is 16.6. The maximum Gasteiger partial charge on any atom is 0.257 e. The molecule has 3 fully saturated rings. The van der Waals surface area contributed by atoms with Gasteiger partial charge in [-0.15, -0.1) is 0 Å². The first-order chi connectivity index (χ1) is 14.8. The molecule has 1 aromatic carbocycles. The van der Waals surface area contributed by atoms with Gasteiger partial charge in [0.25, 0.3) is 5.91 Å². The number of nitrogens with zero attached hydrogens (tertiary/aromatic N) is 1. The Morgan fingerprint density at radius 3 is 2.32 bits per heavy atom. The smallest absolute Gasteiger partial charge is 0.257 e. The van der Waals surface area contributed by atoms with Crippen molar-refractivity contribution in [1.29, 1.82) is 0 Å². The van der Waals surface area contributed by atoms with Crippen molar-refractivity contribution >= 4 is 5.91 Å². The Hall–Kier alpha value is -2.77. The van der Waals surface area contributed by atoms with Crippen LogP contribution in [0, 0.1) is 53.0 Å². The monoisotopic (exact) mass is 430 g/mol. The second kappa shape index (κ2) is 6.37. The van der Waals surface area contributed by atoms with Crippen molar-refractivity contribution in [2.24, 2.45) is 35.5 Å². The summed E-state index contributed by atoms with van der Waals surface area (Å²) < 4.78 is 42.5. The second-order valence-corrected chi connectivity index (χ2v) is 9.51. The predicted molar refractivity (Wildman–Crippen MR) is 104 cm³/mol. The quantitative estimate of drug-likeness (QED) is 0.787. The van der Waals surface area contributed by atoms with Crippen LogP contribution in [0.15, 0.2) is 23.1 Å². The van der Waals surface area contributed by atoms with Crippen LogP contribution in [0.2, 0.25) is 0 Å². The molecule has 1 aliphatic heterocycles. The molecule has 1 amide bonds. The van der Waals surface area contributed by atoms with E-state index < -0.39 is 46.6 Å². The molecule has 5 nitrogen and oxygen atoms in total. The van der Waals surface area contributed by atoms with Crippen molar-refractivity contribution in [3.63, 3.8) is 0 Å². The molecular weight excluding hydrogens is 409 g/mol. The topological polar surface area (TPSA) is 71.3 Å². The summed E-state index contributed by atoms with van der Waals surface area (Å²) in [6.07, 6.45) is 4.62. The molecule has 2 heterocycles. The van der Waals surface area contributed by atoms with Crippen LogP contribution in [0.4, 0.5) is 13.2 Å². The average molecular weight is 430 g/mol. The van der Waals surface area contributed by atoms with E-state index in [1.165, 1.54) is 19.0 Å². The van der Waals surface area contributed by atoms with Crippen molar-refractivity contribution < 1.29 is 23.1 Å². The van der Waals surface area contributed by atoms with Crippen molar-refractivity contribution in [2.75, 3.05) is 0 Å². The summed E-state index contributed by atoms with van der Waals surface area (Å²) in [5, 5.41) is 12.9. The van der Waals surface area contributed by atoms with Crippen LogP contribution in [0.3, 0.4) is 0 Å². The molecule has 1 aromatic heterocycles. The molecule has 6 atom stereocenters. The van der Waals surface area contributed by atoms with Gasteiger partial charge in [-0.25, -0.2) is 13.2 Å². The average Bonchev–Trinajstić information content (AvgIpc) is 3.34. The minimum Gasteiger partial charge on any atom is -0.503 e. The number of benzene rings is 1. The molecule has 0 spiro atoms. The normalized spacial score (nSPS) is 31.7. The third-order valence-corrected chi connectivity index (χ3v) is 8.16. The van der Waals surface area contributed by atoms with E-state index in [4.69, 9.17) is 0 Å². The summed E-state index contributed by atoms with van der Waals surface area (Å²) >= 11 is 0. The van der Waals surface area contributed by atoms with Crippen molar-refractivity contribution in [1.82, 2.24) is 9.88 Å². The summed E-state index contributed by atoms with van der Waals surface area (Å²) in [6, 6.07) is 1.06. The Kier molecular flexibility index (Phi) is 3.90. The number of amides is 1. The zero-order chi connectivity index (χ0) is 21.6. The predicted octanol–water partition coefficient (Wildman–Crippen LogP) is 2.98. The molecule has 3 aliphatic carbocycles. The van der Waals surface area contributed by atoms with E-state index in [2.05, 4.69) is 5.32 Å². The first-order valence-corrected chi connectivity index (χ1v) is 10.7. The first-order valence-electron chi connectivity index (χ1n) is 10.7. The van der Waals surface area contributed by atoms with Gasteiger partial charge >= 0.3 is 0 Å². The van der Waals surface area contributed by atoms with Crippen LogP contribution in [0.25, 0.3) is 0 Å². The SMILES string of the molecule is O=C(NCc1c(F)cc(F)cc1F)c1cn2c(c(O)c1=O)C[C@H]1C3CC([C@@H]4C[C@H]34)[C@@H]1C2. The van der Waals surface area contributed by atoms with Crippen LogP contribution in [0.1, 0.15) is 34.5 Å². The Balaban J connectivity index is 1.27. The van der Waals surface area contributed by atoms with Gasteiger partial charge in [0.2, 0.25) is 5.43 Å².